The summed E-state index contributed by atoms with van der Waals surface area (Å²) in [6.07, 6.45) is 0. The van der Waals surface area contributed by atoms with E-state index in [2.05, 4.69) is 10.2 Å². The van der Waals surface area contributed by atoms with Crippen LogP contribution in [-0.4, -0.2) is 22.8 Å². The molecule has 92 valence electrons. The topological polar surface area (TPSA) is 85.4 Å². The van der Waals surface area contributed by atoms with Gasteiger partial charge in [0.05, 0.1) is 5.69 Å². The molecule has 0 spiro atoms. The monoisotopic (exact) mass is 244 g/mol. The standard InChI is InChI=1S/C12H10N2O.BH3O2/c15-12-9-5-4-8-11(12)14-13-10-6-2-1-3-7-10;2-1-3/h1-9,15H;1-3H/b14-13+;. The van der Waals surface area contributed by atoms with Crippen LogP contribution in [-0.2, 0) is 0 Å². The Labute approximate surface area is 105 Å². The molecule has 0 unspecified atom stereocenters. The quantitative estimate of drug-likeness (QED) is 0.558. The minimum Gasteiger partial charge on any atom is -0.506 e. The van der Waals surface area contributed by atoms with Crippen LogP contribution in [0.5, 0.6) is 5.75 Å². The smallest absolute Gasteiger partial charge is 0.432 e. The van der Waals surface area contributed by atoms with Gasteiger partial charge in [0.25, 0.3) is 0 Å². The molecule has 2 aromatic carbocycles. The lowest BCUT2D eigenvalue weighted by Crippen LogP contribution is -1.75. The molecule has 2 rings (SSSR count). The first kappa shape index (κ1) is 13.9. The van der Waals surface area contributed by atoms with E-state index >= 15 is 0 Å². The number of benzene rings is 2. The van der Waals surface area contributed by atoms with E-state index in [0.717, 1.165) is 5.69 Å². The van der Waals surface area contributed by atoms with Crippen molar-refractivity contribution in [2.24, 2.45) is 10.2 Å². The minimum absolute atomic E-state index is 0.136. The molecular formula is C12H13BN2O3. The molecule has 0 atom stereocenters. The third kappa shape index (κ3) is 4.77. The van der Waals surface area contributed by atoms with Gasteiger partial charge in [0.15, 0.2) is 0 Å². The zero-order chi connectivity index (χ0) is 13.2. The van der Waals surface area contributed by atoms with E-state index in [9.17, 15) is 5.11 Å². The van der Waals surface area contributed by atoms with Crippen LogP contribution in [0, 0.1) is 0 Å². The number of rotatable bonds is 2. The number of hydrogen-bond donors (Lipinski definition) is 3. The molecule has 3 N–H and O–H groups in total. The van der Waals surface area contributed by atoms with Gasteiger partial charge in [-0.25, -0.2) is 0 Å². The van der Waals surface area contributed by atoms with Crippen LogP contribution in [0.4, 0.5) is 11.4 Å². The average molecular weight is 244 g/mol. The van der Waals surface area contributed by atoms with Crippen molar-refractivity contribution < 1.29 is 15.2 Å². The Bertz CT molecular complexity index is 492. The highest BCUT2D eigenvalue weighted by Gasteiger charge is 1.95. The van der Waals surface area contributed by atoms with Crippen molar-refractivity contribution in [2.75, 3.05) is 0 Å². The summed E-state index contributed by atoms with van der Waals surface area (Å²) in [5, 5.41) is 31.6. The van der Waals surface area contributed by atoms with E-state index in [1.54, 1.807) is 24.3 Å². The minimum atomic E-state index is -0.750. The van der Waals surface area contributed by atoms with Gasteiger partial charge in [-0.15, -0.1) is 5.11 Å². The first-order valence-corrected chi connectivity index (χ1v) is 5.24. The summed E-state index contributed by atoms with van der Waals surface area (Å²) in [7, 11) is -0.750. The predicted octanol–water partition coefficient (Wildman–Crippen LogP) is 2.05. The fourth-order valence-electron chi connectivity index (χ4n) is 1.15. The van der Waals surface area contributed by atoms with Gasteiger partial charge in [0.2, 0.25) is 0 Å². The van der Waals surface area contributed by atoms with E-state index < -0.39 is 7.69 Å². The fraction of sp³-hybridized carbons (Fsp3) is 0. The zero-order valence-corrected chi connectivity index (χ0v) is 9.64. The molecule has 0 amide bonds. The average Bonchev–Trinajstić information content (AvgIpc) is 2.40. The molecule has 0 aromatic heterocycles. The SMILES string of the molecule is OBO.Oc1ccccc1/N=N/c1ccccc1. The van der Waals surface area contributed by atoms with Crippen LogP contribution in [0.15, 0.2) is 64.8 Å². The lowest BCUT2D eigenvalue weighted by molar-refractivity contribution is 0.448. The number of aromatic hydroxyl groups is 1. The molecule has 0 heterocycles. The van der Waals surface area contributed by atoms with Gasteiger partial charge < -0.3 is 15.2 Å². The van der Waals surface area contributed by atoms with E-state index in [4.69, 9.17) is 10.0 Å². The molecule has 18 heavy (non-hydrogen) atoms. The Balaban J connectivity index is 0.000000492. The highest BCUT2D eigenvalue weighted by Crippen LogP contribution is 2.26. The molecular weight excluding hydrogens is 231 g/mol. The number of phenolic OH excluding ortho intramolecular Hbond substituents is 1. The van der Waals surface area contributed by atoms with Crippen molar-refractivity contribution in [3.8, 4) is 5.75 Å². The summed E-state index contributed by atoms with van der Waals surface area (Å²) in [5.41, 5.74) is 1.24. The van der Waals surface area contributed by atoms with Crippen LogP contribution in [0.25, 0.3) is 0 Å². The lowest BCUT2D eigenvalue weighted by Gasteiger charge is -1.95. The predicted molar refractivity (Wildman–Crippen MR) is 70.3 cm³/mol. The van der Waals surface area contributed by atoms with Gasteiger partial charge >= 0.3 is 7.69 Å². The Hall–Kier alpha value is -2.18. The van der Waals surface area contributed by atoms with Crippen LogP contribution >= 0.6 is 0 Å². The highest BCUT2D eigenvalue weighted by atomic mass is 16.4. The molecule has 5 nitrogen and oxygen atoms in total. The molecule has 0 fully saturated rings. The second kappa shape index (κ2) is 8.00. The maximum absolute atomic E-state index is 9.43. The number of phenols is 1. The zero-order valence-electron chi connectivity index (χ0n) is 9.64. The molecule has 0 aliphatic rings. The molecule has 0 radical (unpaired) electrons. The largest absolute Gasteiger partial charge is 0.506 e. The van der Waals surface area contributed by atoms with Crippen molar-refractivity contribution >= 4 is 19.1 Å². The molecule has 2 aromatic rings. The number of para-hydroxylation sites is 1. The number of hydrogen-bond acceptors (Lipinski definition) is 5. The van der Waals surface area contributed by atoms with Gasteiger partial charge in [-0.2, -0.15) is 5.11 Å². The van der Waals surface area contributed by atoms with Crippen LogP contribution in [0.2, 0.25) is 0 Å². The Kier molecular flexibility index (Phi) is 6.17. The third-order valence-corrected chi connectivity index (χ3v) is 1.91. The summed E-state index contributed by atoms with van der Waals surface area (Å²) in [6, 6.07) is 16.2. The second-order valence-electron chi connectivity index (χ2n) is 3.17. The van der Waals surface area contributed by atoms with Crippen LogP contribution in [0.1, 0.15) is 0 Å². The van der Waals surface area contributed by atoms with Crippen molar-refractivity contribution in [2.45, 2.75) is 0 Å². The summed E-state index contributed by atoms with van der Waals surface area (Å²) in [4.78, 5) is 0. The molecule has 0 saturated carbocycles. The maximum Gasteiger partial charge on any atom is 0.432 e. The molecule has 0 bridgehead atoms. The maximum atomic E-state index is 9.43. The summed E-state index contributed by atoms with van der Waals surface area (Å²) >= 11 is 0. The first-order valence-electron chi connectivity index (χ1n) is 5.24. The number of nitrogens with zero attached hydrogens (tertiary/aromatic N) is 2. The van der Waals surface area contributed by atoms with Crippen LogP contribution < -0.4 is 0 Å². The van der Waals surface area contributed by atoms with Gasteiger partial charge in [-0.05, 0) is 24.3 Å². The van der Waals surface area contributed by atoms with Crippen molar-refractivity contribution in [1.29, 1.82) is 0 Å². The lowest BCUT2D eigenvalue weighted by atomic mass is 10.3. The molecule has 0 saturated heterocycles. The van der Waals surface area contributed by atoms with E-state index in [-0.39, 0.29) is 5.75 Å². The number of azo groups is 1. The summed E-state index contributed by atoms with van der Waals surface area (Å²) < 4.78 is 0. The Morgan fingerprint density at radius 2 is 1.33 bits per heavy atom. The fourth-order valence-corrected chi connectivity index (χ4v) is 1.15. The molecule has 6 heteroatoms. The van der Waals surface area contributed by atoms with Gasteiger partial charge in [-0.1, -0.05) is 30.3 Å². The van der Waals surface area contributed by atoms with Gasteiger partial charge in [-0.3, -0.25) is 0 Å². The summed E-state index contributed by atoms with van der Waals surface area (Å²) in [6.45, 7) is 0. The first-order chi connectivity index (χ1) is 8.77. The Morgan fingerprint density at radius 3 is 1.94 bits per heavy atom. The van der Waals surface area contributed by atoms with Crippen LogP contribution in [0.3, 0.4) is 0 Å². The van der Waals surface area contributed by atoms with E-state index in [1.807, 2.05) is 30.3 Å². The van der Waals surface area contributed by atoms with Crippen molar-refractivity contribution in [3.63, 3.8) is 0 Å². The van der Waals surface area contributed by atoms with Gasteiger partial charge in [0.1, 0.15) is 11.4 Å². The normalized spacial score (nSPS) is 9.67. The second-order valence-corrected chi connectivity index (χ2v) is 3.17. The third-order valence-electron chi connectivity index (χ3n) is 1.91. The van der Waals surface area contributed by atoms with E-state index in [0.29, 0.717) is 5.69 Å². The van der Waals surface area contributed by atoms with Crippen molar-refractivity contribution in [1.82, 2.24) is 0 Å². The Morgan fingerprint density at radius 1 is 0.778 bits per heavy atom. The summed E-state index contributed by atoms with van der Waals surface area (Å²) in [5.74, 6) is 0.136. The highest BCUT2D eigenvalue weighted by molar-refractivity contribution is 6.13. The molecule has 0 aliphatic heterocycles. The van der Waals surface area contributed by atoms with E-state index in [1.165, 1.54) is 0 Å². The molecule has 0 aliphatic carbocycles. The van der Waals surface area contributed by atoms with Gasteiger partial charge in [0, 0.05) is 0 Å². The van der Waals surface area contributed by atoms with Crippen molar-refractivity contribution in [3.05, 3.63) is 54.6 Å².